The fraction of sp³-hybridized carbons (Fsp3) is 0.560. The Bertz CT molecular complexity index is 1310. The van der Waals surface area contributed by atoms with Crippen LogP contribution in [-0.2, 0) is 10.2 Å². The van der Waals surface area contributed by atoms with Crippen LogP contribution in [0.1, 0.15) is 72.6 Å². The molecule has 0 unspecified atom stereocenters. The number of halogens is 3. The molecule has 4 fully saturated rings. The molecule has 184 valence electrons. The molecule has 0 radical (unpaired) electrons. The van der Waals surface area contributed by atoms with Gasteiger partial charge in [0.15, 0.2) is 5.65 Å². The lowest BCUT2D eigenvalue weighted by atomic mass is 9.34. The van der Waals surface area contributed by atoms with Crippen molar-refractivity contribution in [3.63, 3.8) is 0 Å². The van der Waals surface area contributed by atoms with Gasteiger partial charge in [-0.3, -0.25) is 0 Å². The summed E-state index contributed by atoms with van der Waals surface area (Å²) in [7, 11) is 1.57. The highest BCUT2D eigenvalue weighted by Crippen LogP contribution is 2.78. The second kappa shape index (κ2) is 7.56. The van der Waals surface area contributed by atoms with Gasteiger partial charge < -0.3 is 9.47 Å². The summed E-state index contributed by atoms with van der Waals surface area (Å²) >= 11 is 0. The molecule has 0 amide bonds. The molecular formula is C25H26F3N5O2. The number of fused-ring (bicyclic) bond motifs is 1. The van der Waals surface area contributed by atoms with Crippen molar-refractivity contribution in [2.45, 2.75) is 69.6 Å². The van der Waals surface area contributed by atoms with Crippen molar-refractivity contribution in [3.05, 3.63) is 46.8 Å². The average molecular weight is 486 g/mol. The van der Waals surface area contributed by atoms with Crippen LogP contribution in [0, 0.1) is 19.3 Å². The van der Waals surface area contributed by atoms with E-state index in [2.05, 4.69) is 15.0 Å². The maximum atomic E-state index is 13.6. The molecule has 4 heterocycles. The lowest BCUT2D eigenvalue weighted by Crippen LogP contribution is -2.70. The Morgan fingerprint density at radius 1 is 1.06 bits per heavy atom. The highest BCUT2D eigenvalue weighted by Gasteiger charge is 2.79. The smallest absolute Gasteiger partial charge is 0.394 e. The summed E-state index contributed by atoms with van der Waals surface area (Å²) in [5, 5.41) is 0. The molecule has 2 bridgehead atoms. The van der Waals surface area contributed by atoms with E-state index < -0.39 is 17.0 Å². The van der Waals surface area contributed by atoms with E-state index in [9.17, 15) is 13.2 Å². The Hall–Kier alpha value is -2.88. The maximum Gasteiger partial charge on any atom is 0.394 e. The number of aryl methyl sites for hydroxylation is 2. The third-order valence-electron chi connectivity index (χ3n) is 8.08. The number of aromatic nitrogens is 5. The van der Waals surface area contributed by atoms with Crippen LogP contribution in [0.5, 0.6) is 5.88 Å². The normalized spacial score (nSPS) is 30.0. The van der Waals surface area contributed by atoms with Gasteiger partial charge in [-0.05, 0) is 58.1 Å². The van der Waals surface area contributed by atoms with Crippen LogP contribution in [0.25, 0.3) is 11.2 Å². The van der Waals surface area contributed by atoms with Crippen molar-refractivity contribution < 1.29 is 22.6 Å². The van der Waals surface area contributed by atoms with Crippen LogP contribution in [-0.4, -0.2) is 44.8 Å². The Morgan fingerprint density at radius 2 is 1.80 bits per heavy atom. The Labute approximate surface area is 200 Å². The van der Waals surface area contributed by atoms with E-state index in [0.29, 0.717) is 48.0 Å². The highest BCUT2D eigenvalue weighted by atomic mass is 19.4. The average Bonchev–Trinajstić information content (AvgIpc) is 2.77. The van der Waals surface area contributed by atoms with Gasteiger partial charge in [0.2, 0.25) is 5.88 Å². The van der Waals surface area contributed by atoms with E-state index in [4.69, 9.17) is 19.4 Å². The van der Waals surface area contributed by atoms with Crippen LogP contribution < -0.4 is 4.74 Å². The lowest BCUT2D eigenvalue weighted by molar-refractivity contribution is -0.337. The number of nitrogens with zero attached hydrogens (tertiary/aromatic N) is 5. The van der Waals surface area contributed by atoms with Gasteiger partial charge in [-0.25, -0.2) is 24.9 Å². The Morgan fingerprint density at radius 3 is 2.51 bits per heavy atom. The number of hydrogen-bond acceptors (Lipinski definition) is 7. The Balaban J connectivity index is 1.39. The fourth-order valence-electron chi connectivity index (χ4n) is 6.09. The second-order valence-corrected chi connectivity index (χ2v) is 10.3. The summed E-state index contributed by atoms with van der Waals surface area (Å²) in [5.74, 6) is 1.09. The van der Waals surface area contributed by atoms with Crippen molar-refractivity contribution in [3.8, 4) is 5.88 Å². The van der Waals surface area contributed by atoms with E-state index >= 15 is 0 Å². The summed E-state index contributed by atoms with van der Waals surface area (Å²) in [6.45, 7) is 4.22. The zero-order chi connectivity index (χ0) is 24.6. The van der Waals surface area contributed by atoms with Crippen molar-refractivity contribution in [2.24, 2.45) is 5.41 Å². The maximum absolute atomic E-state index is 13.6. The minimum absolute atomic E-state index is 0.0332. The molecule has 4 aliphatic rings. The van der Waals surface area contributed by atoms with Crippen LogP contribution in [0.2, 0.25) is 0 Å². The van der Waals surface area contributed by atoms with Crippen molar-refractivity contribution in [1.29, 1.82) is 0 Å². The van der Waals surface area contributed by atoms with E-state index in [1.165, 1.54) is 0 Å². The Kier molecular flexibility index (Phi) is 4.87. The predicted octanol–water partition coefficient (Wildman–Crippen LogP) is 5.06. The summed E-state index contributed by atoms with van der Waals surface area (Å²) < 4.78 is 52.2. The van der Waals surface area contributed by atoms with Crippen LogP contribution in [0.15, 0.2) is 18.3 Å². The molecule has 7 nitrogen and oxygen atoms in total. The monoisotopic (exact) mass is 485 g/mol. The number of pyridine rings is 1. The molecule has 0 aromatic carbocycles. The molecule has 3 aromatic rings. The van der Waals surface area contributed by atoms with E-state index in [0.717, 1.165) is 17.0 Å². The van der Waals surface area contributed by atoms with Gasteiger partial charge in [-0.1, -0.05) is 0 Å². The predicted molar refractivity (Wildman–Crippen MR) is 120 cm³/mol. The van der Waals surface area contributed by atoms with Crippen molar-refractivity contribution >= 4 is 11.2 Å². The summed E-state index contributed by atoms with van der Waals surface area (Å²) in [6.07, 6.45) is -1.24. The van der Waals surface area contributed by atoms with E-state index in [-0.39, 0.29) is 31.3 Å². The van der Waals surface area contributed by atoms with Crippen LogP contribution in [0.3, 0.4) is 0 Å². The first-order valence-corrected chi connectivity index (χ1v) is 11.9. The van der Waals surface area contributed by atoms with Crippen LogP contribution >= 0.6 is 0 Å². The minimum atomic E-state index is -4.19. The standard InChI is InChI=1S/C25H26F3N5O2/c1-13-14(2)31-21-18(30-13)19(23-10-24(11-23,12-23)25(26,27)28)32-20(33-21)15-6-8-35-17(9-15)16-5-4-7-29-22(16)34-3/h4-5,7,15,17H,6,8-12H2,1-3H3/t15-,17-,23?,24?/m0/s1. The quantitative estimate of drug-likeness (QED) is 0.511. The van der Waals surface area contributed by atoms with Gasteiger partial charge in [0.05, 0.1) is 35.7 Å². The van der Waals surface area contributed by atoms with Gasteiger partial charge in [-0.2, -0.15) is 13.2 Å². The fourth-order valence-corrected chi connectivity index (χ4v) is 6.09. The van der Waals surface area contributed by atoms with Gasteiger partial charge in [0.1, 0.15) is 11.3 Å². The van der Waals surface area contributed by atoms with Gasteiger partial charge in [0.25, 0.3) is 0 Å². The molecule has 3 aliphatic carbocycles. The first kappa shape index (κ1) is 22.6. The largest absolute Gasteiger partial charge is 0.481 e. The van der Waals surface area contributed by atoms with E-state index in [1.807, 2.05) is 26.0 Å². The van der Waals surface area contributed by atoms with Gasteiger partial charge >= 0.3 is 6.18 Å². The molecule has 3 saturated carbocycles. The number of ether oxygens (including phenoxy) is 2. The molecule has 1 saturated heterocycles. The summed E-state index contributed by atoms with van der Waals surface area (Å²) in [4.78, 5) is 23.3. The molecule has 1 aliphatic heterocycles. The van der Waals surface area contributed by atoms with E-state index in [1.54, 1.807) is 13.3 Å². The third-order valence-corrected chi connectivity index (χ3v) is 8.08. The molecule has 7 rings (SSSR count). The topological polar surface area (TPSA) is 82.9 Å². The number of rotatable bonds is 4. The van der Waals surface area contributed by atoms with Crippen molar-refractivity contribution in [2.75, 3.05) is 13.7 Å². The van der Waals surface area contributed by atoms with Crippen molar-refractivity contribution in [1.82, 2.24) is 24.9 Å². The van der Waals surface area contributed by atoms with Gasteiger partial charge in [0, 0.05) is 29.7 Å². The zero-order valence-corrected chi connectivity index (χ0v) is 19.8. The molecule has 3 aromatic heterocycles. The molecule has 2 atom stereocenters. The van der Waals surface area contributed by atoms with Crippen LogP contribution in [0.4, 0.5) is 13.2 Å². The first-order valence-electron chi connectivity index (χ1n) is 11.9. The lowest BCUT2D eigenvalue weighted by Gasteiger charge is -2.70. The number of methoxy groups -OCH3 is 1. The zero-order valence-electron chi connectivity index (χ0n) is 19.8. The molecule has 0 spiro atoms. The molecule has 0 N–H and O–H groups in total. The van der Waals surface area contributed by atoms with Gasteiger partial charge in [-0.15, -0.1) is 0 Å². The molecular weight excluding hydrogens is 459 g/mol. The molecule has 35 heavy (non-hydrogen) atoms. The highest BCUT2D eigenvalue weighted by molar-refractivity contribution is 5.75. The first-order chi connectivity index (χ1) is 16.6. The number of alkyl halides is 3. The number of hydrogen-bond donors (Lipinski definition) is 0. The molecule has 10 heteroatoms. The summed E-state index contributed by atoms with van der Waals surface area (Å²) in [6, 6.07) is 3.77. The third kappa shape index (κ3) is 3.32. The SMILES string of the molecule is COc1ncccc1[C@@H]1C[C@@H](c2nc(C34CC(C(F)(F)F)(C3)C4)c3nc(C)c(C)nc3n2)CCO1. The second-order valence-electron chi connectivity index (χ2n) is 10.3. The summed E-state index contributed by atoms with van der Waals surface area (Å²) in [5.41, 5.74) is 1.80. The minimum Gasteiger partial charge on any atom is -0.481 e.